The molecule has 1 aromatic rings. The average molecular weight is 249 g/mol. The van der Waals surface area contributed by atoms with Crippen molar-refractivity contribution in [2.24, 2.45) is 5.92 Å². The molecule has 2 N–H and O–H groups in total. The number of likely N-dealkylation sites (tertiary alicyclic amines) is 1. The zero-order valence-corrected chi connectivity index (χ0v) is 10.8. The third-order valence-electron chi connectivity index (χ3n) is 3.76. The molecule has 3 nitrogen and oxygen atoms in total. The molecule has 0 radical (unpaired) electrons. The molecular formula is C15H23NO2. The number of piperidine rings is 1. The van der Waals surface area contributed by atoms with Crippen LogP contribution in [0.2, 0.25) is 0 Å². The Morgan fingerprint density at radius 1 is 1.28 bits per heavy atom. The van der Waals surface area contributed by atoms with Gasteiger partial charge in [0.2, 0.25) is 0 Å². The van der Waals surface area contributed by atoms with E-state index in [1.54, 1.807) is 0 Å². The van der Waals surface area contributed by atoms with E-state index in [1.807, 2.05) is 6.07 Å². The van der Waals surface area contributed by atoms with Crippen molar-refractivity contribution in [2.75, 3.05) is 19.7 Å². The van der Waals surface area contributed by atoms with Crippen molar-refractivity contribution in [3.8, 4) is 0 Å². The van der Waals surface area contributed by atoms with E-state index in [-0.39, 0.29) is 12.7 Å². The van der Waals surface area contributed by atoms with Crippen molar-refractivity contribution in [1.82, 2.24) is 4.90 Å². The van der Waals surface area contributed by atoms with Gasteiger partial charge < -0.3 is 10.2 Å². The molecule has 0 amide bonds. The molecule has 1 aliphatic heterocycles. The van der Waals surface area contributed by atoms with Gasteiger partial charge >= 0.3 is 0 Å². The predicted octanol–water partition coefficient (Wildman–Crippen LogP) is 1.64. The van der Waals surface area contributed by atoms with Gasteiger partial charge in [0.1, 0.15) is 0 Å². The normalized spacial score (nSPS) is 22.9. The lowest BCUT2D eigenvalue weighted by Crippen LogP contribution is -2.40. The van der Waals surface area contributed by atoms with Gasteiger partial charge in [0.05, 0.1) is 6.10 Å². The van der Waals surface area contributed by atoms with E-state index in [4.69, 9.17) is 5.11 Å². The van der Waals surface area contributed by atoms with Gasteiger partial charge in [0, 0.05) is 19.7 Å². The molecule has 2 atom stereocenters. The number of nitrogens with zero attached hydrogens (tertiary/aromatic N) is 1. The monoisotopic (exact) mass is 249 g/mol. The van der Waals surface area contributed by atoms with E-state index in [0.29, 0.717) is 12.3 Å². The van der Waals surface area contributed by atoms with Crippen molar-refractivity contribution >= 4 is 0 Å². The SMILES string of the molecule is OCC[C@@H](O)[C@H]1CCCN(Cc2ccccc2)C1. The average Bonchev–Trinajstić information content (AvgIpc) is 2.40. The van der Waals surface area contributed by atoms with E-state index in [2.05, 4.69) is 29.2 Å². The fraction of sp³-hybridized carbons (Fsp3) is 0.600. The van der Waals surface area contributed by atoms with E-state index in [1.165, 1.54) is 5.56 Å². The summed E-state index contributed by atoms with van der Waals surface area (Å²) in [6, 6.07) is 10.5. The molecule has 0 bridgehead atoms. The molecule has 0 spiro atoms. The van der Waals surface area contributed by atoms with Crippen molar-refractivity contribution in [2.45, 2.75) is 31.9 Å². The fourth-order valence-electron chi connectivity index (χ4n) is 2.76. The van der Waals surface area contributed by atoms with Crippen LogP contribution in [-0.4, -0.2) is 40.9 Å². The Bertz CT molecular complexity index is 342. The maximum atomic E-state index is 9.97. The van der Waals surface area contributed by atoms with Crippen LogP contribution >= 0.6 is 0 Å². The minimum Gasteiger partial charge on any atom is -0.396 e. The molecule has 1 aliphatic rings. The Morgan fingerprint density at radius 2 is 2.06 bits per heavy atom. The minimum atomic E-state index is -0.353. The van der Waals surface area contributed by atoms with E-state index in [9.17, 15) is 5.11 Å². The van der Waals surface area contributed by atoms with Crippen LogP contribution in [0.3, 0.4) is 0 Å². The largest absolute Gasteiger partial charge is 0.396 e. The molecule has 100 valence electrons. The maximum absolute atomic E-state index is 9.97. The summed E-state index contributed by atoms with van der Waals surface area (Å²) in [6.07, 6.45) is 2.37. The molecule has 3 heteroatoms. The summed E-state index contributed by atoms with van der Waals surface area (Å²) in [4.78, 5) is 2.41. The quantitative estimate of drug-likeness (QED) is 0.834. The smallest absolute Gasteiger partial charge is 0.0602 e. The van der Waals surface area contributed by atoms with Gasteiger partial charge in [0.25, 0.3) is 0 Å². The Kier molecular flexibility index (Phi) is 5.17. The Morgan fingerprint density at radius 3 is 2.78 bits per heavy atom. The van der Waals surface area contributed by atoms with Crippen molar-refractivity contribution in [1.29, 1.82) is 0 Å². The molecule has 0 aliphatic carbocycles. The first-order chi connectivity index (χ1) is 8.79. The number of hydrogen-bond acceptors (Lipinski definition) is 3. The standard InChI is InChI=1S/C15H23NO2/c17-10-8-15(18)14-7-4-9-16(12-14)11-13-5-2-1-3-6-13/h1-3,5-6,14-15,17-18H,4,7-12H2/t14-,15+/m0/s1. The van der Waals surface area contributed by atoms with E-state index >= 15 is 0 Å². The number of rotatable bonds is 5. The summed E-state index contributed by atoms with van der Waals surface area (Å²) in [5, 5.41) is 18.9. The third kappa shape index (κ3) is 3.80. The molecule has 1 fully saturated rings. The van der Waals surface area contributed by atoms with Crippen molar-refractivity contribution in [3.63, 3.8) is 0 Å². The Balaban J connectivity index is 1.87. The lowest BCUT2D eigenvalue weighted by molar-refractivity contribution is 0.0324. The molecule has 0 aromatic heterocycles. The summed E-state index contributed by atoms with van der Waals surface area (Å²) in [7, 11) is 0. The second-order valence-electron chi connectivity index (χ2n) is 5.20. The van der Waals surface area contributed by atoms with Gasteiger partial charge in [-0.25, -0.2) is 0 Å². The number of aliphatic hydroxyl groups is 2. The molecule has 18 heavy (non-hydrogen) atoms. The molecule has 0 unspecified atom stereocenters. The van der Waals surface area contributed by atoms with Gasteiger partial charge in [-0.05, 0) is 37.3 Å². The first kappa shape index (κ1) is 13.5. The van der Waals surface area contributed by atoms with Crippen LogP contribution in [0.25, 0.3) is 0 Å². The second-order valence-corrected chi connectivity index (χ2v) is 5.20. The number of hydrogen-bond donors (Lipinski definition) is 2. The van der Waals surface area contributed by atoms with Crippen LogP contribution in [-0.2, 0) is 6.54 Å². The first-order valence-electron chi connectivity index (χ1n) is 6.85. The van der Waals surface area contributed by atoms with Crippen LogP contribution in [0, 0.1) is 5.92 Å². The van der Waals surface area contributed by atoms with Crippen molar-refractivity contribution < 1.29 is 10.2 Å². The van der Waals surface area contributed by atoms with Crippen LogP contribution in [0.1, 0.15) is 24.8 Å². The summed E-state index contributed by atoms with van der Waals surface area (Å²) in [5.74, 6) is 0.314. The highest BCUT2D eigenvalue weighted by Crippen LogP contribution is 2.22. The molecule has 1 saturated heterocycles. The fourth-order valence-corrected chi connectivity index (χ4v) is 2.76. The van der Waals surface area contributed by atoms with Crippen LogP contribution in [0.4, 0.5) is 0 Å². The van der Waals surface area contributed by atoms with Gasteiger partial charge in [-0.15, -0.1) is 0 Å². The van der Waals surface area contributed by atoms with Crippen LogP contribution in [0.5, 0.6) is 0 Å². The summed E-state index contributed by atoms with van der Waals surface area (Å²) in [6.45, 7) is 3.09. The summed E-state index contributed by atoms with van der Waals surface area (Å²) >= 11 is 0. The topological polar surface area (TPSA) is 43.7 Å². The zero-order chi connectivity index (χ0) is 12.8. The Labute approximate surface area is 109 Å². The van der Waals surface area contributed by atoms with E-state index in [0.717, 1.165) is 32.5 Å². The zero-order valence-electron chi connectivity index (χ0n) is 10.8. The number of benzene rings is 1. The van der Waals surface area contributed by atoms with Gasteiger partial charge in [-0.1, -0.05) is 30.3 Å². The minimum absolute atomic E-state index is 0.0797. The molecule has 2 rings (SSSR count). The lowest BCUT2D eigenvalue weighted by Gasteiger charge is -2.35. The van der Waals surface area contributed by atoms with Gasteiger partial charge in [-0.2, -0.15) is 0 Å². The van der Waals surface area contributed by atoms with Gasteiger partial charge in [-0.3, -0.25) is 4.90 Å². The van der Waals surface area contributed by atoms with Crippen LogP contribution < -0.4 is 0 Å². The maximum Gasteiger partial charge on any atom is 0.0602 e. The summed E-state index contributed by atoms with van der Waals surface area (Å²) in [5.41, 5.74) is 1.33. The number of aliphatic hydroxyl groups excluding tert-OH is 2. The highest BCUT2D eigenvalue weighted by Gasteiger charge is 2.25. The molecule has 1 heterocycles. The molecule has 0 saturated carbocycles. The van der Waals surface area contributed by atoms with Crippen LogP contribution in [0.15, 0.2) is 30.3 Å². The highest BCUT2D eigenvalue weighted by molar-refractivity contribution is 5.14. The summed E-state index contributed by atoms with van der Waals surface area (Å²) < 4.78 is 0. The molecular weight excluding hydrogens is 226 g/mol. The Hall–Kier alpha value is -0.900. The molecule has 1 aromatic carbocycles. The predicted molar refractivity (Wildman–Crippen MR) is 72.2 cm³/mol. The van der Waals surface area contributed by atoms with Crippen molar-refractivity contribution in [3.05, 3.63) is 35.9 Å². The second kappa shape index (κ2) is 6.88. The third-order valence-corrected chi connectivity index (χ3v) is 3.76. The first-order valence-corrected chi connectivity index (χ1v) is 6.85. The van der Waals surface area contributed by atoms with E-state index < -0.39 is 0 Å². The lowest BCUT2D eigenvalue weighted by atomic mass is 9.91. The highest BCUT2D eigenvalue weighted by atomic mass is 16.3. The van der Waals surface area contributed by atoms with Gasteiger partial charge in [0.15, 0.2) is 0 Å².